The second-order valence-corrected chi connectivity index (χ2v) is 7.54. The topological polar surface area (TPSA) is 38.0 Å². The van der Waals surface area contributed by atoms with E-state index in [1.54, 1.807) is 0 Å². The second kappa shape index (κ2) is 16.6. The van der Waals surface area contributed by atoms with Gasteiger partial charge < -0.3 is 0 Å². The molecule has 0 aromatic heterocycles. The fourth-order valence-electron chi connectivity index (χ4n) is 3.47. The van der Waals surface area contributed by atoms with Gasteiger partial charge in [0.05, 0.1) is 0 Å². The molecule has 0 fully saturated rings. The summed E-state index contributed by atoms with van der Waals surface area (Å²) < 4.78 is 0. The van der Waals surface area contributed by atoms with Crippen molar-refractivity contribution in [2.75, 3.05) is 0 Å². The number of aryl methyl sites for hydroxylation is 1. The molecule has 0 amide bonds. The molecule has 1 rings (SSSR count). The van der Waals surface area contributed by atoms with Crippen LogP contribution in [0.5, 0.6) is 0 Å². The molecule has 1 aromatic rings. The normalized spacial score (nSPS) is 11.1. The highest BCUT2D eigenvalue weighted by Crippen LogP contribution is 2.14. The first-order chi connectivity index (χ1) is 12.4. The summed E-state index contributed by atoms with van der Waals surface area (Å²) in [5.41, 5.74) is 5.42. The fraction of sp³-hybridized carbons (Fsp3) is 0.739. The van der Waals surface area contributed by atoms with E-state index in [-0.39, 0.29) is 0 Å². The van der Waals surface area contributed by atoms with E-state index in [4.69, 9.17) is 5.84 Å². The molecule has 3 N–H and O–H groups in total. The third kappa shape index (κ3) is 13.1. The van der Waals surface area contributed by atoms with Gasteiger partial charge in [0.1, 0.15) is 0 Å². The van der Waals surface area contributed by atoms with Crippen LogP contribution < -0.4 is 11.3 Å². The number of benzene rings is 1. The molecule has 144 valence electrons. The highest BCUT2D eigenvalue weighted by atomic mass is 15.2. The lowest BCUT2D eigenvalue weighted by atomic mass is 10.0. The Balaban J connectivity index is 1.83. The smallest absolute Gasteiger partial charge is 0.0348 e. The summed E-state index contributed by atoms with van der Waals surface area (Å²) >= 11 is 0. The number of hydrogen-bond donors (Lipinski definition) is 2. The van der Waals surface area contributed by atoms with E-state index < -0.39 is 0 Å². The summed E-state index contributed by atoms with van der Waals surface area (Å²) in [5.74, 6) is 5.34. The molecule has 0 aliphatic carbocycles. The molecule has 2 heteroatoms. The molecular formula is C23H42N2. The molecule has 0 unspecified atom stereocenters. The molecule has 0 radical (unpaired) electrons. The van der Waals surface area contributed by atoms with Crippen molar-refractivity contribution in [2.45, 2.75) is 110 Å². The largest absolute Gasteiger partial charge is 0.271 e. The molecule has 0 aliphatic rings. The summed E-state index contributed by atoms with van der Waals surface area (Å²) in [6.45, 7) is 3.04. The van der Waals surface area contributed by atoms with Crippen molar-refractivity contribution < 1.29 is 0 Å². The first kappa shape index (κ1) is 22.2. The van der Waals surface area contributed by atoms with Crippen molar-refractivity contribution in [2.24, 2.45) is 5.84 Å². The summed E-state index contributed by atoms with van der Waals surface area (Å²) in [6, 6.07) is 8.85. The van der Waals surface area contributed by atoms with E-state index in [0.717, 1.165) is 6.54 Å². The Hall–Kier alpha value is -0.860. The molecule has 1 aromatic carbocycles. The van der Waals surface area contributed by atoms with Gasteiger partial charge in [0, 0.05) is 6.54 Å². The third-order valence-corrected chi connectivity index (χ3v) is 5.15. The molecular weight excluding hydrogens is 304 g/mol. The van der Waals surface area contributed by atoms with Gasteiger partial charge in [0.25, 0.3) is 0 Å². The van der Waals surface area contributed by atoms with E-state index in [9.17, 15) is 0 Å². The van der Waals surface area contributed by atoms with Crippen LogP contribution in [0.3, 0.4) is 0 Å². The number of hydrogen-bond acceptors (Lipinski definition) is 2. The molecule has 0 saturated heterocycles. The van der Waals surface area contributed by atoms with Crippen molar-refractivity contribution >= 4 is 0 Å². The highest BCUT2D eigenvalue weighted by Gasteiger charge is 1.97. The van der Waals surface area contributed by atoms with Crippen molar-refractivity contribution in [3.05, 3.63) is 35.4 Å². The van der Waals surface area contributed by atoms with E-state index in [0.29, 0.717) is 0 Å². The average molecular weight is 347 g/mol. The van der Waals surface area contributed by atoms with Crippen LogP contribution in [-0.2, 0) is 13.0 Å². The molecule has 0 bridgehead atoms. The van der Waals surface area contributed by atoms with Gasteiger partial charge >= 0.3 is 0 Å². The minimum Gasteiger partial charge on any atom is -0.271 e. The molecule has 0 heterocycles. The van der Waals surface area contributed by atoms with Crippen LogP contribution in [0.15, 0.2) is 24.3 Å². The van der Waals surface area contributed by atoms with Crippen molar-refractivity contribution in [1.29, 1.82) is 0 Å². The van der Waals surface area contributed by atoms with Gasteiger partial charge in [-0.3, -0.25) is 11.3 Å². The second-order valence-electron chi connectivity index (χ2n) is 7.54. The van der Waals surface area contributed by atoms with Crippen molar-refractivity contribution in [1.82, 2.24) is 5.43 Å². The predicted octanol–water partition coefficient (Wildman–Crippen LogP) is 6.67. The summed E-state index contributed by atoms with van der Waals surface area (Å²) in [4.78, 5) is 0. The van der Waals surface area contributed by atoms with Crippen molar-refractivity contribution in [3.8, 4) is 0 Å². The van der Waals surface area contributed by atoms with Gasteiger partial charge in [-0.1, -0.05) is 115 Å². The van der Waals surface area contributed by atoms with Gasteiger partial charge in [-0.25, -0.2) is 0 Å². The monoisotopic (exact) mass is 346 g/mol. The zero-order valence-electron chi connectivity index (χ0n) is 16.7. The van der Waals surface area contributed by atoms with Gasteiger partial charge in [0.15, 0.2) is 0 Å². The highest BCUT2D eigenvalue weighted by molar-refractivity contribution is 5.22. The lowest BCUT2D eigenvalue weighted by Gasteiger charge is -2.05. The first-order valence-corrected chi connectivity index (χ1v) is 10.9. The lowest BCUT2D eigenvalue weighted by Crippen LogP contribution is -2.20. The zero-order valence-corrected chi connectivity index (χ0v) is 16.7. The number of nitrogens with one attached hydrogen (secondary N) is 1. The maximum absolute atomic E-state index is 5.34. The Labute approximate surface area is 156 Å². The van der Waals surface area contributed by atoms with Crippen LogP contribution in [0, 0.1) is 0 Å². The average Bonchev–Trinajstić information content (AvgIpc) is 2.63. The van der Waals surface area contributed by atoms with E-state index in [1.807, 2.05) is 0 Å². The number of nitrogens with two attached hydrogens (primary N) is 1. The number of hydrazine groups is 1. The standard InChI is InChI=1S/C23H42N2/c1-2-3-4-5-6-7-8-9-10-11-12-13-14-15-16-22-17-19-23(20-18-22)21-25-24/h17-20,25H,2-16,21,24H2,1H3. The van der Waals surface area contributed by atoms with Gasteiger partial charge in [-0.2, -0.15) is 0 Å². The van der Waals surface area contributed by atoms with Crippen LogP contribution in [0.25, 0.3) is 0 Å². The SMILES string of the molecule is CCCCCCCCCCCCCCCCc1ccc(CNN)cc1. The summed E-state index contributed by atoms with van der Waals surface area (Å²) in [5, 5.41) is 0. The minimum absolute atomic E-state index is 0.749. The predicted molar refractivity (Wildman–Crippen MR) is 111 cm³/mol. The number of unbranched alkanes of at least 4 members (excludes halogenated alkanes) is 13. The summed E-state index contributed by atoms with van der Waals surface area (Å²) in [7, 11) is 0. The molecule has 0 saturated carbocycles. The van der Waals surface area contributed by atoms with Crippen LogP contribution in [0.2, 0.25) is 0 Å². The Morgan fingerprint density at radius 1 is 0.600 bits per heavy atom. The Morgan fingerprint density at radius 3 is 1.44 bits per heavy atom. The van der Waals surface area contributed by atoms with E-state index >= 15 is 0 Å². The van der Waals surface area contributed by atoms with E-state index in [2.05, 4.69) is 36.6 Å². The summed E-state index contributed by atoms with van der Waals surface area (Å²) in [6.07, 6.45) is 21.2. The third-order valence-electron chi connectivity index (χ3n) is 5.15. The molecule has 2 nitrogen and oxygen atoms in total. The van der Waals surface area contributed by atoms with Gasteiger partial charge in [-0.15, -0.1) is 0 Å². The van der Waals surface area contributed by atoms with Gasteiger partial charge in [0.2, 0.25) is 0 Å². The van der Waals surface area contributed by atoms with Crippen molar-refractivity contribution in [3.63, 3.8) is 0 Å². The maximum Gasteiger partial charge on any atom is 0.0348 e. The Morgan fingerprint density at radius 2 is 1.00 bits per heavy atom. The number of rotatable bonds is 17. The molecule has 0 aliphatic heterocycles. The zero-order chi connectivity index (χ0) is 18.0. The van der Waals surface area contributed by atoms with Gasteiger partial charge in [-0.05, 0) is 24.0 Å². The Kier molecular flexibility index (Phi) is 14.7. The Bertz CT molecular complexity index is 386. The minimum atomic E-state index is 0.749. The molecule has 0 spiro atoms. The first-order valence-electron chi connectivity index (χ1n) is 10.9. The fourth-order valence-corrected chi connectivity index (χ4v) is 3.47. The van der Waals surface area contributed by atoms with Crippen LogP contribution in [0.4, 0.5) is 0 Å². The maximum atomic E-state index is 5.34. The molecule has 0 atom stereocenters. The van der Waals surface area contributed by atoms with Crippen LogP contribution in [0.1, 0.15) is 108 Å². The van der Waals surface area contributed by atoms with E-state index in [1.165, 1.54) is 107 Å². The van der Waals surface area contributed by atoms with Crippen LogP contribution in [-0.4, -0.2) is 0 Å². The lowest BCUT2D eigenvalue weighted by molar-refractivity contribution is 0.535. The van der Waals surface area contributed by atoms with Crippen LogP contribution >= 0.6 is 0 Å². The quantitative estimate of drug-likeness (QED) is 0.188. The molecule has 25 heavy (non-hydrogen) atoms.